The van der Waals surface area contributed by atoms with Gasteiger partial charge in [-0.05, 0) is 25.1 Å². The van der Waals surface area contributed by atoms with E-state index in [1.54, 1.807) is 13.0 Å². The van der Waals surface area contributed by atoms with Crippen LogP contribution in [0.15, 0.2) is 29.2 Å². The van der Waals surface area contributed by atoms with E-state index < -0.39 is 10.0 Å². The van der Waals surface area contributed by atoms with E-state index in [9.17, 15) is 8.42 Å². The Balaban J connectivity index is 3.04. The minimum Gasteiger partial charge on any atom is -0.329 e. The summed E-state index contributed by atoms with van der Waals surface area (Å²) in [5.74, 6) is 0. The smallest absolute Gasteiger partial charge is 0.240 e. The molecule has 0 amide bonds. The van der Waals surface area contributed by atoms with Crippen molar-refractivity contribution in [1.82, 2.24) is 4.72 Å². The molecule has 0 aromatic heterocycles. The molecular formula is C10H13N3O2S. The van der Waals surface area contributed by atoms with E-state index in [2.05, 4.69) is 4.72 Å². The summed E-state index contributed by atoms with van der Waals surface area (Å²) in [7, 11) is -3.59. The van der Waals surface area contributed by atoms with Crippen LogP contribution in [0.25, 0.3) is 0 Å². The summed E-state index contributed by atoms with van der Waals surface area (Å²) in [4.78, 5) is 0.0758. The first-order chi connectivity index (χ1) is 7.49. The molecule has 0 radical (unpaired) electrons. The van der Waals surface area contributed by atoms with Gasteiger partial charge in [-0.25, -0.2) is 13.1 Å². The van der Waals surface area contributed by atoms with Crippen LogP contribution in [0.1, 0.15) is 12.5 Å². The van der Waals surface area contributed by atoms with Crippen molar-refractivity contribution in [3.63, 3.8) is 0 Å². The Morgan fingerprint density at radius 1 is 1.56 bits per heavy atom. The van der Waals surface area contributed by atoms with Gasteiger partial charge < -0.3 is 5.73 Å². The van der Waals surface area contributed by atoms with Crippen LogP contribution in [-0.4, -0.2) is 21.0 Å². The fourth-order valence-corrected chi connectivity index (χ4v) is 2.42. The van der Waals surface area contributed by atoms with Gasteiger partial charge in [0.05, 0.1) is 16.5 Å². The zero-order valence-corrected chi connectivity index (χ0v) is 9.66. The predicted octanol–water partition coefficient (Wildman–Crippen LogP) is 0.184. The van der Waals surface area contributed by atoms with Gasteiger partial charge in [0.1, 0.15) is 0 Å². The molecule has 6 heteroatoms. The Morgan fingerprint density at radius 2 is 2.25 bits per heavy atom. The zero-order chi connectivity index (χ0) is 12.2. The third-order valence-electron chi connectivity index (χ3n) is 1.98. The number of hydrogen-bond acceptors (Lipinski definition) is 4. The first kappa shape index (κ1) is 12.6. The molecule has 0 aliphatic heterocycles. The molecular weight excluding hydrogens is 226 g/mol. The Morgan fingerprint density at radius 3 is 2.81 bits per heavy atom. The fourth-order valence-electron chi connectivity index (χ4n) is 1.11. The second-order valence-corrected chi connectivity index (χ2v) is 5.11. The summed E-state index contributed by atoms with van der Waals surface area (Å²) in [6.45, 7) is 1.89. The maximum atomic E-state index is 11.8. The molecule has 1 aromatic carbocycles. The molecule has 0 unspecified atom stereocenters. The van der Waals surface area contributed by atoms with E-state index >= 15 is 0 Å². The monoisotopic (exact) mass is 239 g/mol. The molecule has 86 valence electrons. The number of rotatable bonds is 4. The average molecular weight is 239 g/mol. The van der Waals surface area contributed by atoms with Crippen LogP contribution in [-0.2, 0) is 10.0 Å². The predicted molar refractivity (Wildman–Crippen MR) is 60.0 cm³/mol. The summed E-state index contributed by atoms with van der Waals surface area (Å²) in [6, 6.07) is 7.39. The summed E-state index contributed by atoms with van der Waals surface area (Å²) < 4.78 is 26.0. The Kier molecular flexibility index (Phi) is 4.01. The Labute approximate surface area is 94.9 Å². The molecule has 1 rings (SSSR count). The number of hydrogen-bond donors (Lipinski definition) is 2. The minimum atomic E-state index is -3.59. The van der Waals surface area contributed by atoms with Crippen molar-refractivity contribution in [3.05, 3.63) is 29.8 Å². The van der Waals surface area contributed by atoms with Crippen LogP contribution in [0.4, 0.5) is 0 Å². The maximum Gasteiger partial charge on any atom is 0.240 e. The van der Waals surface area contributed by atoms with Gasteiger partial charge in [0.15, 0.2) is 0 Å². The minimum absolute atomic E-state index is 0.0758. The number of nitrogens with zero attached hydrogens (tertiary/aromatic N) is 1. The molecule has 0 spiro atoms. The van der Waals surface area contributed by atoms with Crippen molar-refractivity contribution in [2.24, 2.45) is 5.73 Å². The first-order valence-corrected chi connectivity index (χ1v) is 6.20. The van der Waals surface area contributed by atoms with Crippen LogP contribution in [0.5, 0.6) is 0 Å². The maximum absolute atomic E-state index is 11.8. The lowest BCUT2D eigenvalue weighted by Gasteiger charge is -2.11. The van der Waals surface area contributed by atoms with Crippen molar-refractivity contribution in [2.45, 2.75) is 17.9 Å². The lowest BCUT2D eigenvalue weighted by molar-refractivity contribution is 0.562. The van der Waals surface area contributed by atoms with Crippen molar-refractivity contribution < 1.29 is 8.42 Å². The van der Waals surface area contributed by atoms with Crippen molar-refractivity contribution >= 4 is 10.0 Å². The van der Waals surface area contributed by atoms with Crippen LogP contribution in [0.3, 0.4) is 0 Å². The van der Waals surface area contributed by atoms with Crippen molar-refractivity contribution in [2.75, 3.05) is 6.54 Å². The van der Waals surface area contributed by atoms with Gasteiger partial charge >= 0.3 is 0 Å². The highest BCUT2D eigenvalue weighted by molar-refractivity contribution is 7.89. The molecule has 0 bridgehead atoms. The van der Waals surface area contributed by atoms with Gasteiger partial charge in [-0.15, -0.1) is 0 Å². The molecule has 0 saturated carbocycles. The SMILES string of the molecule is C[C@H](CN)NS(=O)(=O)c1cccc(C#N)c1. The van der Waals surface area contributed by atoms with Gasteiger partial charge in [0.25, 0.3) is 0 Å². The van der Waals surface area contributed by atoms with Crippen LogP contribution in [0.2, 0.25) is 0 Å². The molecule has 5 nitrogen and oxygen atoms in total. The van der Waals surface area contributed by atoms with E-state index in [1.807, 2.05) is 6.07 Å². The normalized spacial score (nSPS) is 13.1. The van der Waals surface area contributed by atoms with Crippen molar-refractivity contribution in [3.8, 4) is 6.07 Å². The number of nitrogens with two attached hydrogens (primary N) is 1. The summed E-state index contributed by atoms with van der Waals surface area (Å²) in [6.07, 6.45) is 0. The van der Waals surface area contributed by atoms with Gasteiger partial charge in [0.2, 0.25) is 10.0 Å². The summed E-state index contributed by atoms with van der Waals surface area (Å²) >= 11 is 0. The highest BCUT2D eigenvalue weighted by Gasteiger charge is 2.16. The van der Waals surface area contributed by atoms with Gasteiger partial charge in [0, 0.05) is 12.6 Å². The van der Waals surface area contributed by atoms with Gasteiger partial charge in [-0.3, -0.25) is 0 Å². The number of sulfonamides is 1. The molecule has 3 N–H and O–H groups in total. The molecule has 0 aliphatic carbocycles. The lowest BCUT2D eigenvalue weighted by Crippen LogP contribution is -2.37. The highest BCUT2D eigenvalue weighted by atomic mass is 32.2. The van der Waals surface area contributed by atoms with E-state index in [0.717, 1.165) is 0 Å². The second-order valence-electron chi connectivity index (χ2n) is 3.40. The van der Waals surface area contributed by atoms with E-state index in [-0.39, 0.29) is 17.5 Å². The Bertz CT molecular complexity index is 505. The summed E-state index contributed by atoms with van der Waals surface area (Å²) in [5.41, 5.74) is 5.64. The second kappa shape index (κ2) is 5.07. The molecule has 0 aliphatic rings. The lowest BCUT2D eigenvalue weighted by atomic mass is 10.2. The first-order valence-electron chi connectivity index (χ1n) is 4.72. The number of benzene rings is 1. The standard InChI is InChI=1S/C10H13N3O2S/c1-8(6-11)13-16(14,15)10-4-2-3-9(5-10)7-12/h2-5,8,13H,6,11H2,1H3/t8-/m1/s1. The molecule has 0 saturated heterocycles. The molecule has 1 atom stereocenters. The van der Waals surface area contributed by atoms with Crippen LogP contribution < -0.4 is 10.5 Å². The number of nitriles is 1. The fraction of sp³-hybridized carbons (Fsp3) is 0.300. The van der Waals surface area contributed by atoms with Crippen molar-refractivity contribution in [1.29, 1.82) is 5.26 Å². The third kappa shape index (κ3) is 3.03. The molecule has 0 fully saturated rings. The van der Waals surface area contributed by atoms with Crippen LogP contribution >= 0.6 is 0 Å². The zero-order valence-electron chi connectivity index (χ0n) is 8.84. The van der Waals surface area contributed by atoms with E-state index in [4.69, 9.17) is 11.0 Å². The van der Waals surface area contributed by atoms with Gasteiger partial charge in [-0.1, -0.05) is 6.07 Å². The summed E-state index contributed by atoms with van der Waals surface area (Å²) in [5, 5.41) is 8.67. The highest BCUT2D eigenvalue weighted by Crippen LogP contribution is 2.11. The molecule has 1 aromatic rings. The molecule has 0 heterocycles. The topological polar surface area (TPSA) is 96.0 Å². The quantitative estimate of drug-likeness (QED) is 0.783. The van der Waals surface area contributed by atoms with E-state index in [0.29, 0.717) is 5.56 Å². The van der Waals surface area contributed by atoms with E-state index in [1.165, 1.54) is 18.2 Å². The average Bonchev–Trinajstić information content (AvgIpc) is 2.28. The Hall–Kier alpha value is -1.42. The third-order valence-corrected chi connectivity index (χ3v) is 3.57. The van der Waals surface area contributed by atoms with Crippen LogP contribution in [0, 0.1) is 11.3 Å². The largest absolute Gasteiger partial charge is 0.329 e. The molecule has 16 heavy (non-hydrogen) atoms. The number of nitrogens with one attached hydrogen (secondary N) is 1. The van der Waals surface area contributed by atoms with Gasteiger partial charge in [-0.2, -0.15) is 5.26 Å².